The fraction of sp³-hybridized carbons (Fsp3) is 0.636. The maximum absolute atomic E-state index is 11.9. The van der Waals surface area contributed by atoms with Crippen molar-refractivity contribution in [3.8, 4) is 0 Å². The molecule has 18 heavy (non-hydrogen) atoms. The Bertz CT molecular complexity index is 435. The summed E-state index contributed by atoms with van der Waals surface area (Å²) in [7, 11) is 0. The summed E-state index contributed by atoms with van der Waals surface area (Å²) in [6, 6.07) is -0.243. The average Bonchev–Trinajstić information content (AvgIpc) is 2.73. The maximum atomic E-state index is 11.9. The number of β-amino-alcohol motifs (C(OH)–C–C–N with tert-alkyl or cyclic N) is 1. The van der Waals surface area contributed by atoms with E-state index in [1.807, 2.05) is 6.92 Å². The molecule has 4 N–H and O–H groups in total. The van der Waals surface area contributed by atoms with Gasteiger partial charge in [0.15, 0.2) is 11.0 Å². The normalized spacial score (nSPS) is 23.9. The second kappa shape index (κ2) is 5.69. The molecular weight excluding hydrogens is 256 g/mol. The third-order valence-corrected chi connectivity index (χ3v) is 3.38. The van der Waals surface area contributed by atoms with Gasteiger partial charge in [-0.15, -0.1) is 0 Å². The number of halogens is 1. The highest BCUT2D eigenvalue weighted by Gasteiger charge is 2.25. The molecule has 0 radical (unpaired) electrons. The van der Waals surface area contributed by atoms with E-state index >= 15 is 0 Å². The van der Waals surface area contributed by atoms with E-state index in [0.29, 0.717) is 24.5 Å². The molecule has 1 aromatic rings. The molecule has 1 aromatic heterocycles. The summed E-state index contributed by atoms with van der Waals surface area (Å²) in [5, 5.41) is 15.9. The van der Waals surface area contributed by atoms with Crippen LogP contribution in [-0.4, -0.2) is 46.2 Å². The number of piperidine rings is 1. The van der Waals surface area contributed by atoms with Crippen LogP contribution < -0.4 is 10.6 Å². The summed E-state index contributed by atoms with van der Waals surface area (Å²) in [6.45, 7) is 3.20. The minimum absolute atomic E-state index is 0.197. The van der Waals surface area contributed by atoms with Crippen molar-refractivity contribution in [2.75, 3.05) is 13.1 Å². The number of aliphatic hydroxyl groups is 1. The minimum Gasteiger partial charge on any atom is -0.390 e. The number of amides is 1. The zero-order valence-corrected chi connectivity index (χ0v) is 10.9. The monoisotopic (exact) mass is 272 g/mol. The summed E-state index contributed by atoms with van der Waals surface area (Å²) < 4.78 is 0. The molecule has 7 heteroatoms. The third-order valence-electron chi connectivity index (χ3n) is 3.06. The van der Waals surface area contributed by atoms with Crippen molar-refractivity contribution < 1.29 is 9.90 Å². The standard InChI is InChI=1S/C11H17ClN4O2/c1-2-6-9(12)16-10(14-6)11(18)15-7-3-4-13-5-8(7)17/h7-8,13,17H,2-5H2,1H3,(H,14,16)(H,15,18). The molecule has 2 heterocycles. The highest BCUT2D eigenvalue weighted by molar-refractivity contribution is 6.30. The van der Waals surface area contributed by atoms with Crippen LogP contribution in [0.15, 0.2) is 0 Å². The first kappa shape index (κ1) is 13.3. The van der Waals surface area contributed by atoms with E-state index in [4.69, 9.17) is 11.6 Å². The van der Waals surface area contributed by atoms with Crippen LogP contribution >= 0.6 is 11.6 Å². The smallest absolute Gasteiger partial charge is 0.287 e. The molecule has 0 spiro atoms. The fourth-order valence-corrected chi connectivity index (χ4v) is 2.24. The topological polar surface area (TPSA) is 90.0 Å². The van der Waals surface area contributed by atoms with E-state index in [-0.39, 0.29) is 17.8 Å². The van der Waals surface area contributed by atoms with Gasteiger partial charge < -0.3 is 20.7 Å². The third kappa shape index (κ3) is 2.82. The van der Waals surface area contributed by atoms with Crippen molar-refractivity contribution in [2.24, 2.45) is 0 Å². The molecule has 2 unspecified atom stereocenters. The van der Waals surface area contributed by atoms with Gasteiger partial charge in [0, 0.05) is 6.54 Å². The lowest BCUT2D eigenvalue weighted by Crippen LogP contribution is -2.52. The van der Waals surface area contributed by atoms with E-state index in [2.05, 4.69) is 20.6 Å². The van der Waals surface area contributed by atoms with Crippen LogP contribution in [0, 0.1) is 0 Å². The number of rotatable bonds is 3. The Kier molecular flexibility index (Phi) is 4.21. The lowest BCUT2D eigenvalue weighted by atomic mass is 10.0. The van der Waals surface area contributed by atoms with Gasteiger partial charge in [0.2, 0.25) is 0 Å². The minimum atomic E-state index is -0.571. The van der Waals surface area contributed by atoms with E-state index in [1.165, 1.54) is 0 Å². The van der Waals surface area contributed by atoms with Crippen LogP contribution in [-0.2, 0) is 6.42 Å². The zero-order chi connectivity index (χ0) is 13.1. The molecule has 0 aromatic carbocycles. The highest BCUT2D eigenvalue weighted by atomic mass is 35.5. The Hall–Kier alpha value is -1.11. The molecule has 1 aliphatic rings. The Morgan fingerprint density at radius 3 is 3.06 bits per heavy atom. The van der Waals surface area contributed by atoms with Crippen molar-refractivity contribution in [3.63, 3.8) is 0 Å². The molecule has 1 aliphatic heterocycles. The number of nitrogens with one attached hydrogen (secondary N) is 3. The molecule has 1 saturated heterocycles. The highest BCUT2D eigenvalue weighted by Crippen LogP contribution is 2.13. The molecule has 1 amide bonds. The fourth-order valence-electron chi connectivity index (χ4n) is 1.98. The summed E-state index contributed by atoms with van der Waals surface area (Å²) >= 11 is 5.88. The van der Waals surface area contributed by atoms with Crippen molar-refractivity contribution >= 4 is 17.5 Å². The van der Waals surface area contributed by atoms with Gasteiger partial charge in [-0.1, -0.05) is 18.5 Å². The van der Waals surface area contributed by atoms with Gasteiger partial charge >= 0.3 is 0 Å². The van der Waals surface area contributed by atoms with Gasteiger partial charge in [-0.2, -0.15) is 0 Å². The largest absolute Gasteiger partial charge is 0.390 e. The van der Waals surface area contributed by atoms with Crippen LogP contribution in [0.2, 0.25) is 5.15 Å². The van der Waals surface area contributed by atoms with Crippen LogP contribution in [0.5, 0.6) is 0 Å². The number of hydrogen-bond acceptors (Lipinski definition) is 4. The van der Waals surface area contributed by atoms with Crippen molar-refractivity contribution in [2.45, 2.75) is 31.9 Å². The quantitative estimate of drug-likeness (QED) is 0.627. The number of aliphatic hydroxyl groups excluding tert-OH is 1. The number of H-pyrrole nitrogens is 1. The van der Waals surface area contributed by atoms with Gasteiger partial charge in [0.05, 0.1) is 17.8 Å². The van der Waals surface area contributed by atoms with E-state index in [0.717, 1.165) is 12.2 Å². The number of aromatic amines is 1. The number of nitrogens with zero attached hydrogens (tertiary/aromatic N) is 1. The Morgan fingerprint density at radius 1 is 1.67 bits per heavy atom. The predicted octanol–water partition coefficient (Wildman–Crippen LogP) is 0.0781. The van der Waals surface area contributed by atoms with E-state index in [1.54, 1.807) is 0 Å². The molecular formula is C11H17ClN4O2. The number of imidazole rings is 1. The van der Waals surface area contributed by atoms with Crippen molar-refractivity contribution in [1.82, 2.24) is 20.6 Å². The number of hydrogen-bond donors (Lipinski definition) is 4. The van der Waals surface area contributed by atoms with Gasteiger partial charge in [-0.05, 0) is 19.4 Å². The van der Waals surface area contributed by atoms with Gasteiger partial charge in [-0.25, -0.2) is 4.98 Å². The van der Waals surface area contributed by atoms with Crippen LogP contribution in [0.4, 0.5) is 0 Å². The Labute approximate surface area is 110 Å². The van der Waals surface area contributed by atoms with Crippen LogP contribution in [0.1, 0.15) is 29.7 Å². The number of aromatic nitrogens is 2. The first-order valence-electron chi connectivity index (χ1n) is 6.05. The summed E-state index contributed by atoms with van der Waals surface area (Å²) in [5.74, 6) is -0.134. The summed E-state index contributed by atoms with van der Waals surface area (Å²) in [5.41, 5.74) is 0.743. The average molecular weight is 273 g/mol. The first-order chi connectivity index (χ1) is 8.61. The zero-order valence-electron chi connectivity index (χ0n) is 10.2. The maximum Gasteiger partial charge on any atom is 0.287 e. The lowest BCUT2D eigenvalue weighted by molar-refractivity contribution is 0.0757. The van der Waals surface area contributed by atoms with Gasteiger partial charge in [0.25, 0.3) is 5.91 Å². The molecule has 0 bridgehead atoms. The van der Waals surface area contributed by atoms with Crippen LogP contribution in [0.25, 0.3) is 0 Å². The number of carbonyl (C=O) groups is 1. The van der Waals surface area contributed by atoms with E-state index < -0.39 is 6.10 Å². The number of carbonyl (C=O) groups excluding carboxylic acids is 1. The second-order valence-electron chi connectivity index (χ2n) is 4.35. The Morgan fingerprint density at radius 2 is 2.44 bits per heavy atom. The summed E-state index contributed by atoms with van der Waals surface area (Å²) in [6.07, 6.45) is 0.815. The molecule has 1 fully saturated rings. The second-order valence-corrected chi connectivity index (χ2v) is 4.71. The van der Waals surface area contributed by atoms with Gasteiger partial charge in [-0.3, -0.25) is 4.79 Å². The van der Waals surface area contributed by atoms with Crippen molar-refractivity contribution in [1.29, 1.82) is 0 Å². The van der Waals surface area contributed by atoms with E-state index in [9.17, 15) is 9.90 Å². The molecule has 0 saturated carbocycles. The molecule has 2 atom stereocenters. The SMILES string of the molecule is CCc1[nH]c(C(=O)NC2CCNCC2O)nc1Cl. The first-order valence-corrected chi connectivity index (χ1v) is 6.43. The molecule has 100 valence electrons. The Balaban J connectivity index is 2.02. The summed E-state index contributed by atoms with van der Waals surface area (Å²) in [4.78, 5) is 18.8. The predicted molar refractivity (Wildman–Crippen MR) is 67.7 cm³/mol. The molecule has 6 nitrogen and oxygen atoms in total. The van der Waals surface area contributed by atoms with Crippen LogP contribution in [0.3, 0.4) is 0 Å². The number of aryl methyl sites for hydroxylation is 1. The molecule has 0 aliphatic carbocycles. The lowest BCUT2D eigenvalue weighted by Gasteiger charge is -2.28. The van der Waals surface area contributed by atoms with Gasteiger partial charge in [0.1, 0.15) is 0 Å². The molecule has 2 rings (SSSR count). The van der Waals surface area contributed by atoms with Crippen molar-refractivity contribution in [3.05, 3.63) is 16.7 Å².